The summed E-state index contributed by atoms with van der Waals surface area (Å²) < 4.78 is 0. The number of hydrogen-bond acceptors (Lipinski definition) is 2. The molecule has 12 heavy (non-hydrogen) atoms. The van der Waals surface area contributed by atoms with E-state index in [1.54, 1.807) is 0 Å². The third kappa shape index (κ3) is 6.62. The molecule has 0 aliphatic rings. The van der Waals surface area contributed by atoms with Crippen LogP contribution < -0.4 is 0 Å². The van der Waals surface area contributed by atoms with Crippen LogP contribution in [0.4, 0.5) is 0 Å². The van der Waals surface area contributed by atoms with Crippen molar-refractivity contribution in [2.45, 2.75) is 39.5 Å². The molecule has 2 N–H and O–H groups in total. The Morgan fingerprint density at radius 3 is 2.00 bits per heavy atom. The fraction of sp³-hybridized carbons (Fsp3) is 1.00. The van der Waals surface area contributed by atoms with Crippen LogP contribution in [0, 0.1) is 11.8 Å². The summed E-state index contributed by atoms with van der Waals surface area (Å²) in [5, 5.41) is 17.3. The Morgan fingerprint density at radius 1 is 0.917 bits per heavy atom. The van der Waals surface area contributed by atoms with Crippen LogP contribution in [0.1, 0.15) is 39.5 Å². The molecule has 0 aromatic carbocycles. The van der Waals surface area contributed by atoms with E-state index >= 15 is 0 Å². The van der Waals surface area contributed by atoms with E-state index in [9.17, 15) is 0 Å². The molecule has 0 bridgehead atoms. The van der Waals surface area contributed by atoms with Crippen molar-refractivity contribution >= 4 is 0 Å². The standard InChI is InChI=1S/C10H22O2/c1-9(4-3-6-11)8-10(2)5-7-12/h9-12H,3-8H2,1-2H3. The third-order valence-corrected chi connectivity index (χ3v) is 2.28. The number of aliphatic hydroxyl groups excluding tert-OH is 2. The van der Waals surface area contributed by atoms with Crippen molar-refractivity contribution in [3.63, 3.8) is 0 Å². The molecule has 0 aliphatic heterocycles. The van der Waals surface area contributed by atoms with Crippen molar-refractivity contribution in [2.75, 3.05) is 13.2 Å². The average molecular weight is 174 g/mol. The maximum absolute atomic E-state index is 8.69. The Morgan fingerprint density at radius 2 is 1.50 bits per heavy atom. The minimum Gasteiger partial charge on any atom is -0.396 e. The van der Waals surface area contributed by atoms with E-state index in [0.717, 1.165) is 19.3 Å². The lowest BCUT2D eigenvalue weighted by Crippen LogP contribution is -2.05. The molecule has 0 aromatic rings. The average Bonchev–Trinajstić information content (AvgIpc) is 2.01. The van der Waals surface area contributed by atoms with E-state index in [-0.39, 0.29) is 0 Å². The van der Waals surface area contributed by atoms with Crippen molar-refractivity contribution in [3.8, 4) is 0 Å². The molecule has 2 atom stereocenters. The Bertz CT molecular complexity index is 93.8. The van der Waals surface area contributed by atoms with Crippen LogP contribution in [0.25, 0.3) is 0 Å². The van der Waals surface area contributed by atoms with Gasteiger partial charge in [0.05, 0.1) is 0 Å². The largest absolute Gasteiger partial charge is 0.396 e. The van der Waals surface area contributed by atoms with Crippen LogP contribution in [-0.2, 0) is 0 Å². The highest BCUT2D eigenvalue weighted by Crippen LogP contribution is 2.18. The van der Waals surface area contributed by atoms with Crippen LogP contribution >= 0.6 is 0 Å². The monoisotopic (exact) mass is 174 g/mol. The first kappa shape index (κ1) is 11.9. The fourth-order valence-corrected chi connectivity index (χ4v) is 1.58. The first-order chi connectivity index (χ1) is 5.70. The zero-order chi connectivity index (χ0) is 9.40. The molecule has 0 radical (unpaired) electrons. The predicted molar refractivity (Wildman–Crippen MR) is 51.0 cm³/mol. The molecule has 0 spiro atoms. The van der Waals surface area contributed by atoms with Gasteiger partial charge in [0.1, 0.15) is 0 Å². The number of rotatable bonds is 7. The molecule has 0 fully saturated rings. The summed E-state index contributed by atoms with van der Waals surface area (Å²) in [5.41, 5.74) is 0. The SMILES string of the molecule is CC(CCO)CC(C)CCCO. The quantitative estimate of drug-likeness (QED) is 0.618. The summed E-state index contributed by atoms with van der Waals surface area (Å²) in [6.07, 6.45) is 4.09. The van der Waals surface area contributed by atoms with Crippen LogP contribution in [0.5, 0.6) is 0 Å². The highest BCUT2D eigenvalue weighted by molar-refractivity contribution is 4.59. The maximum atomic E-state index is 8.69. The Hall–Kier alpha value is -0.0800. The summed E-state index contributed by atoms with van der Waals surface area (Å²) in [6, 6.07) is 0. The molecular formula is C10H22O2. The third-order valence-electron chi connectivity index (χ3n) is 2.28. The van der Waals surface area contributed by atoms with Gasteiger partial charge in [-0.05, 0) is 37.5 Å². The van der Waals surface area contributed by atoms with Gasteiger partial charge < -0.3 is 10.2 Å². The van der Waals surface area contributed by atoms with Crippen molar-refractivity contribution in [1.82, 2.24) is 0 Å². The molecule has 0 saturated carbocycles. The molecular weight excluding hydrogens is 152 g/mol. The molecule has 0 aromatic heterocycles. The van der Waals surface area contributed by atoms with Gasteiger partial charge in [-0.15, -0.1) is 0 Å². The second-order valence-corrected chi connectivity index (χ2v) is 3.82. The maximum Gasteiger partial charge on any atom is 0.0433 e. The van der Waals surface area contributed by atoms with Gasteiger partial charge in [-0.2, -0.15) is 0 Å². The molecule has 0 amide bonds. The van der Waals surface area contributed by atoms with Gasteiger partial charge in [0.15, 0.2) is 0 Å². The lowest BCUT2D eigenvalue weighted by Gasteiger charge is -2.15. The molecule has 74 valence electrons. The molecule has 0 aliphatic carbocycles. The van der Waals surface area contributed by atoms with Crippen LogP contribution in [0.15, 0.2) is 0 Å². The summed E-state index contributed by atoms with van der Waals surface area (Å²) in [6.45, 7) is 4.99. The van der Waals surface area contributed by atoms with E-state index in [2.05, 4.69) is 13.8 Å². The van der Waals surface area contributed by atoms with Gasteiger partial charge in [0.25, 0.3) is 0 Å². The van der Waals surface area contributed by atoms with E-state index in [0.29, 0.717) is 25.0 Å². The topological polar surface area (TPSA) is 40.5 Å². The van der Waals surface area contributed by atoms with Crippen molar-refractivity contribution < 1.29 is 10.2 Å². The molecule has 0 rings (SSSR count). The van der Waals surface area contributed by atoms with Gasteiger partial charge in [-0.3, -0.25) is 0 Å². The molecule has 0 saturated heterocycles. The molecule has 2 heteroatoms. The molecule has 0 heterocycles. The van der Waals surface area contributed by atoms with Gasteiger partial charge >= 0.3 is 0 Å². The van der Waals surface area contributed by atoms with E-state index in [1.807, 2.05) is 0 Å². The second kappa shape index (κ2) is 7.56. The summed E-state index contributed by atoms with van der Waals surface area (Å²) in [4.78, 5) is 0. The van der Waals surface area contributed by atoms with Gasteiger partial charge in [-0.25, -0.2) is 0 Å². The minimum absolute atomic E-state index is 0.299. The van der Waals surface area contributed by atoms with E-state index in [4.69, 9.17) is 10.2 Å². The normalized spacial score (nSPS) is 16.0. The number of aliphatic hydroxyl groups is 2. The van der Waals surface area contributed by atoms with E-state index in [1.165, 1.54) is 6.42 Å². The smallest absolute Gasteiger partial charge is 0.0433 e. The lowest BCUT2D eigenvalue weighted by molar-refractivity contribution is 0.237. The van der Waals surface area contributed by atoms with Gasteiger partial charge in [0.2, 0.25) is 0 Å². The first-order valence-electron chi connectivity index (χ1n) is 4.92. The van der Waals surface area contributed by atoms with Crippen molar-refractivity contribution in [2.24, 2.45) is 11.8 Å². The van der Waals surface area contributed by atoms with Crippen LogP contribution in [-0.4, -0.2) is 23.4 Å². The lowest BCUT2D eigenvalue weighted by atomic mass is 9.92. The summed E-state index contributed by atoms with van der Waals surface area (Å²) in [5.74, 6) is 1.29. The van der Waals surface area contributed by atoms with Crippen molar-refractivity contribution in [3.05, 3.63) is 0 Å². The first-order valence-corrected chi connectivity index (χ1v) is 4.92. The summed E-state index contributed by atoms with van der Waals surface area (Å²) >= 11 is 0. The Kier molecular flexibility index (Phi) is 7.51. The summed E-state index contributed by atoms with van der Waals surface area (Å²) in [7, 11) is 0. The highest BCUT2D eigenvalue weighted by atomic mass is 16.3. The van der Waals surface area contributed by atoms with Gasteiger partial charge in [0, 0.05) is 13.2 Å². The number of hydrogen-bond donors (Lipinski definition) is 2. The molecule has 2 unspecified atom stereocenters. The highest BCUT2D eigenvalue weighted by Gasteiger charge is 2.07. The van der Waals surface area contributed by atoms with E-state index < -0.39 is 0 Å². The van der Waals surface area contributed by atoms with Crippen LogP contribution in [0.2, 0.25) is 0 Å². The molecule has 2 nitrogen and oxygen atoms in total. The van der Waals surface area contributed by atoms with Crippen LogP contribution in [0.3, 0.4) is 0 Å². The fourth-order valence-electron chi connectivity index (χ4n) is 1.58. The Labute approximate surface area is 75.6 Å². The second-order valence-electron chi connectivity index (χ2n) is 3.82. The zero-order valence-corrected chi connectivity index (χ0v) is 8.29. The predicted octanol–water partition coefficient (Wildman–Crippen LogP) is 1.80. The van der Waals surface area contributed by atoms with Crippen molar-refractivity contribution in [1.29, 1.82) is 0 Å². The Balaban J connectivity index is 3.33. The zero-order valence-electron chi connectivity index (χ0n) is 8.29. The van der Waals surface area contributed by atoms with Gasteiger partial charge in [-0.1, -0.05) is 13.8 Å². The minimum atomic E-state index is 0.299.